The SMILES string of the molecule is N#C[S-].N#C[S-].N#C[S-].N#C[S-].[NH2-].[NH2-].[NH4+].[NH4+].[O]=[Cr](=[O])([O-])[O-]. The van der Waals surface area contributed by atoms with Gasteiger partial charge in [-0.2, -0.15) is 0 Å². The molecule has 0 bridgehead atoms. The number of quaternary nitrogens is 2. The van der Waals surface area contributed by atoms with Crippen molar-refractivity contribution in [3.05, 3.63) is 12.3 Å². The van der Waals surface area contributed by atoms with Crippen LogP contribution in [0.3, 0.4) is 0 Å². The third kappa shape index (κ3) is 3260. The third-order valence-electron chi connectivity index (χ3n) is 0. The second kappa shape index (κ2) is 77.2. The van der Waals surface area contributed by atoms with Crippen LogP contribution in [0, 0.1) is 42.7 Å². The van der Waals surface area contributed by atoms with E-state index >= 15 is 0 Å². The van der Waals surface area contributed by atoms with Gasteiger partial charge in [-0.15, -0.1) is 0 Å². The Morgan fingerprint density at radius 3 is 0.667 bits per heavy atom. The molecule has 0 amide bonds. The Morgan fingerprint density at radius 1 is 0.667 bits per heavy atom. The predicted octanol–water partition coefficient (Wildman–Crippen LogP) is -0.374. The van der Waals surface area contributed by atoms with Gasteiger partial charge in [-0.3, -0.25) is 0 Å². The van der Waals surface area contributed by atoms with Crippen LogP contribution < -0.4 is 20.6 Å². The van der Waals surface area contributed by atoms with E-state index in [4.69, 9.17) is 37.0 Å². The van der Waals surface area contributed by atoms with E-state index in [9.17, 15) is 0 Å². The van der Waals surface area contributed by atoms with E-state index in [-0.39, 0.29) is 24.6 Å². The zero-order valence-corrected chi connectivity index (χ0v) is 15.2. The molecule has 0 radical (unpaired) electrons. The van der Waals surface area contributed by atoms with E-state index in [1.165, 1.54) is 21.6 Å². The van der Waals surface area contributed by atoms with Crippen molar-refractivity contribution in [3.8, 4) is 21.6 Å². The van der Waals surface area contributed by atoms with Crippen LogP contribution >= 0.6 is 0 Å². The van der Waals surface area contributed by atoms with Crippen LogP contribution in [-0.2, 0) is 71.7 Å². The summed E-state index contributed by atoms with van der Waals surface area (Å²) >= 11 is 9.05. The van der Waals surface area contributed by atoms with E-state index in [0.29, 0.717) is 0 Å². The molecule has 0 saturated carbocycles. The van der Waals surface area contributed by atoms with Crippen LogP contribution in [0.15, 0.2) is 0 Å². The van der Waals surface area contributed by atoms with Crippen LogP contribution in [0.4, 0.5) is 0 Å². The summed E-state index contributed by atoms with van der Waals surface area (Å²) in [5.74, 6) is 0. The molecule has 0 aliphatic heterocycles. The summed E-state index contributed by atoms with van der Waals surface area (Å²) in [6.45, 7) is 0. The molecular weight excluding hydrogens is 404 g/mol. The monoisotopic (exact) mass is 416 g/mol. The van der Waals surface area contributed by atoms with Crippen LogP contribution in [0.1, 0.15) is 0 Å². The van der Waals surface area contributed by atoms with Crippen LogP contribution in [0.5, 0.6) is 0 Å². The minimum absolute atomic E-state index is 0. The fraction of sp³-hybridized carbons (Fsp3) is 0. The molecule has 0 spiro atoms. The second-order valence-electron chi connectivity index (χ2n) is 0.773. The molecule has 12 N–H and O–H groups in total. The summed E-state index contributed by atoms with van der Waals surface area (Å²) in [4.78, 5) is 0. The first-order valence-corrected chi connectivity index (χ1v) is 6.09. The van der Waals surface area contributed by atoms with Crippen molar-refractivity contribution in [3.63, 3.8) is 0 Å². The van der Waals surface area contributed by atoms with Crippen LogP contribution in [0.25, 0.3) is 12.3 Å². The van der Waals surface area contributed by atoms with Gasteiger partial charge in [0.25, 0.3) is 0 Å². The van der Waals surface area contributed by atoms with Gasteiger partial charge in [0, 0.05) is 0 Å². The molecule has 21 heavy (non-hydrogen) atoms. The zero-order valence-electron chi connectivity index (χ0n) is 10.6. The number of rotatable bonds is 0. The van der Waals surface area contributed by atoms with E-state index in [2.05, 4.69) is 50.5 Å². The summed E-state index contributed by atoms with van der Waals surface area (Å²) in [6.07, 6.45) is 0. The van der Waals surface area contributed by atoms with Gasteiger partial charge in [0.1, 0.15) is 0 Å². The second-order valence-corrected chi connectivity index (χ2v) is 2.78. The fourth-order valence-electron chi connectivity index (χ4n) is 0. The topological polar surface area (TPSA) is 315 Å². The molecule has 0 atom stereocenters. The molecule has 0 aliphatic rings. The summed E-state index contributed by atoms with van der Waals surface area (Å²) in [6, 6.07) is 0. The zero-order chi connectivity index (χ0) is 15.3. The molecule has 0 saturated heterocycles. The quantitative estimate of drug-likeness (QED) is 0.377. The fourth-order valence-corrected chi connectivity index (χ4v) is 0. The summed E-state index contributed by atoms with van der Waals surface area (Å²) in [5.41, 5.74) is 0. The van der Waals surface area contributed by atoms with Gasteiger partial charge in [-0.25, -0.2) is 21.0 Å². The number of nitrogens with two attached hydrogens (primary N) is 2. The normalized spacial score (nSPS) is 4.10. The Hall–Kier alpha value is -1.27. The first-order valence-electron chi connectivity index (χ1n) is 2.38. The first kappa shape index (κ1) is 60.1. The molecular formula is C4H12CrN8O4S4-6. The third-order valence-corrected chi connectivity index (χ3v) is 0. The van der Waals surface area contributed by atoms with Gasteiger partial charge in [0.2, 0.25) is 0 Å². The molecule has 0 unspecified atom stereocenters. The molecule has 0 fully saturated rings. The Bertz CT molecular complexity index is 336. The number of thiocyanates is 4. The Kier molecular flexibility index (Phi) is 221. The molecule has 128 valence electrons. The van der Waals surface area contributed by atoms with Crippen molar-refractivity contribution in [2.24, 2.45) is 0 Å². The van der Waals surface area contributed by atoms with Crippen molar-refractivity contribution in [1.29, 1.82) is 21.0 Å². The number of hydrogen-bond acceptors (Lipinski definition) is 12. The van der Waals surface area contributed by atoms with E-state index in [1.807, 2.05) is 0 Å². The van der Waals surface area contributed by atoms with Crippen molar-refractivity contribution in [2.45, 2.75) is 0 Å². The van der Waals surface area contributed by atoms with Crippen LogP contribution in [0.2, 0.25) is 0 Å². The van der Waals surface area contributed by atoms with E-state index in [0.717, 1.165) is 0 Å². The average molecular weight is 416 g/mol. The molecule has 12 nitrogen and oxygen atoms in total. The van der Waals surface area contributed by atoms with Gasteiger partial charge < -0.3 is 75.1 Å². The Balaban J connectivity index is -0.0000000119. The molecule has 0 rings (SSSR count). The maximum atomic E-state index is 8.59. The summed E-state index contributed by atoms with van der Waals surface area (Å²) in [7, 11) is 0. The molecule has 0 heterocycles. The van der Waals surface area contributed by atoms with Gasteiger partial charge in [-0.1, -0.05) is 21.6 Å². The summed E-state index contributed by atoms with van der Waals surface area (Å²) < 4.78 is 34.4. The van der Waals surface area contributed by atoms with Gasteiger partial charge in [-0.05, 0) is 0 Å². The maximum absolute atomic E-state index is 8.59. The average Bonchev–Trinajstić information content (AvgIpc) is 2.04. The predicted molar refractivity (Wildman–Crippen MR) is 75.8 cm³/mol. The number of nitriles is 4. The Labute approximate surface area is 147 Å². The van der Waals surface area contributed by atoms with E-state index < -0.39 is 13.6 Å². The van der Waals surface area contributed by atoms with Crippen molar-refractivity contribution in [1.82, 2.24) is 12.3 Å². The number of nitrogens with zero attached hydrogens (tertiary/aromatic N) is 4. The molecule has 0 aliphatic carbocycles. The van der Waals surface area contributed by atoms with Crippen molar-refractivity contribution < 1.29 is 29.5 Å². The molecule has 0 aromatic heterocycles. The Morgan fingerprint density at radius 2 is 0.667 bits per heavy atom. The molecule has 17 heteroatoms. The van der Waals surface area contributed by atoms with Gasteiger partial charge in [0.05, 0.1) is 0 Å². The van der Waals surface area contributed by atoms with Crippen molar-refractivity contribution >= 4 is 50.5 Å². The molecule has 0 aromatic carbocycles. The molecule has 0 aromatic rings. The minimum atomic E-state index is -5.75. The van der Waals surface area contributed by atoms with Crippen molar-refractivity contribution in [2.75, 3.05) is 0 Å². The van der Waals surface area contributed by atoms with Crippen LogP contribution in [-0.4, -0.2) is 0 Å². The van der Waals surface area contributed by atoms with Gasteiger partial charge in [0.15, 0.2) is 0 Å². The first-order chi connectivity index (χ1) is 7.66. The number of hydrogen-bond donors (Lipinski definition) is 2. The standard InChI is InChI=1S/4CHNS.Cr.2H3N.2H2N.4O/c4*2-1-3;;;;;;;;;/h4*3H;;2*1H3;2*1H2;;;;/q;;;;;;;2*-1;;;2*-1/p-2. The summed E-state index contributed by atoms with van der Waals surface area (Å²) in [5, 5.41) is 33.9. The van der Waals surface area contributed by atoms with E-state index in [1.54, 1.807) is 0 Å². The van der Waals surface area contributed by atoms with Gasteiger partial charge >= 0.3 is 29.5 Å².